The number of carbonyl (C=O) groups excluding carboxylic acids is 1. The van der Waals surface area contributed by atoms with E-state index in [1.165, 1.54) is 22.9 Å². The summed E-state index contributed by atoms with van der Waals surface area (Å²) < 4.78 is 0. The number of aromatic nitrogens is 1. The second-order valence-electron chi connectivity index (χ2n) is 9.36. The molecule has 0 saturated carbocycles. The zero-order valence-electron chi connectivity index (χ0n) is 19.7. The average Bonchev–Trinajstić information content (AvgIpc) is 2.85. The maximum absolute atomic E-state index is 13.2. The second kappa shape index (κ2) is 9.12. The third-order valence-electron chi connectivity index (χ3n) is 7.14. The number of fused-ring (bicyclic) bond motifs is 3. The Labute approximate surface area is 195 Å². The molecule has 2 heterocycles. The summed E-state index contributed by atoms with van der Waals surface area (Å²) in [6, 6.07) is 12.1. The van der Waals surface area contributed by atoms with Crippen molar-refractivity contribution in [1.82, 2.24) is 20.1 Å². The summed E-state index contributed by atoms with van der Waals surface area (Å²) in [5.41, 5.74) is 14.8. The lowest BCUT2D eigenvalue weighted by molar-refractivity contribution is 0.0664. The van der Waals surface area contributed by atoms with Crippen molar-refractivity contribution in [3.05, 3.63) is 58.7 Å². The molecular weight excluding hydrogens is 410 g/mol. The van der Waals surface area contributed by atoms with Gasteiger partial charge in [-0.1, -0.05) is 12.1 Å². The van der Waals surface area contributed by atoms with Crippen LogP contribution in [0.5, 0.6) is 0 Å². The molecule has 5 rings (SSSR count). The Bertz CT molecular complexity index is 1200. The number of aryl methyl sites for hydroxylation is 1. The van der Waals surface area contributed by atoms with E-state index in [4.69, 9.17) is 10.7 Å². The number of benzene rings is 2. The molecule has 1 fully saturated rings. The largest absolute Gasteiger partial charge is 0.398 e. The van der Waals surface area contributed by atoms with Gasteiger partial charge in [0.05, 0.1) is 11.2 Å². The summed E-state index contributed by atoms with van der Waals surface area (Å²) >= 11 is 0. The van der Waals surface area contributed by atoms with Gasteiger partial charge in [0.1, 0.15) is 0 Å². The number of likely N-dealkylation sites (N-methyl/N-ethyl adjacent to an activating group) is 1. The molecule has 0 spiro atoms. The van der Waals surface area contributed by atoms with Crippen molar-refractivity contribution in [3.8, 4) is 11.3 Å². The van der Waals surface area contributed by atoms with Crippen LogP contribution >= 0.6 is 0 Å². The SMILES string of the molecule is CNCc1c(N)ccc2nc(-c3cccc(C(=O)N4CCN(C)CC4)c3)c3c(c12)CCCC3. The maximum Gasteiger partial charge on any atom is 0.253 e. The predicted octanol–water partition coefficient (Wildman–Crippen LogP) is 3.47. The Kier molecular flexibility index (Phi) is 6.04. The quantitative estimate of drug-likeness (QED) is 0.604. The van der Waals surface area contributed by atoms with Crippen LogP contribution in [0.25, 0.3) is 22.2 Å². The van der Waals surface area contributed by atoms with Crippen LogP contribution in [-0.2, 0) is 19.4 Å². The number of hydrogen-bond acceptors (Lipinski definition) is 5. The summed E-state index contributed by atoms with van der Waals surface area (Å²) in [5.74, 6) is 0.115. The van der Waals surface area contributed by atoms with Gasteiger partial charge < -0.3 is 20.9 Å². The fourth-order valence-corrected chi connectivity index (χ4v) is 5.31. The normalized spacial score (nSPS) is 16.7. The van der Waals surface area contributed by atoms with Crippen molar-refractivity contribution in [2.75, 3.05) is 46.0 Å². The molecule has 1 aliphatic carbocycles. The molecule has 1 aromatic heterocycles. The first-order valence-corrected chi connectivity index (χ1v) is 12.0. The van der Waals surface area contributed by atoms with Gasteiger partial charge in [0.25, 0.3) is 5.91 Å². The third-order valence-corrected chi connectivity index (χ3v) is 7.14. The van der Waals surface area contributed by atoms with Crippen molar-refractivity contribution < 1.29 is 4.79 Å². The standard InChI is InChI=1S/C27H33N5O/c1-29-17-22-23(28)10-11-24-25(22)20-8-3-4-9-21(20)26(30-24)18-6-5-7-19(16-18)27(33)32-14-12-31(2)13-15-32/h5-7,10-11,16,29H,3-4,8-9,12-15,17,28H2,1-2H3. The van der Waals surface area contributed by atoms with E-state index < -0.39 is 0 Å². The molecular formula is C27H33N5O. The number of carbonyl (C=O) groups is 1. The Morgan fingerprint density at radius 1 is 1.06 bits per heavy atom. The fraction of sp³-hybridized carbons (Fsp3) is 0.407. The van der Waals surface area contributed by atoms with E-state index in [-0.39, 0.29) is 5.91 Å². The lowest BCUT2D eigenvalue weighted by Crippen LogP contribution is -2.47. The van der Waals surface area contributed by atoms with Crippen LogP contribution in [0.4, 0.5) is 5.69 Å². The molecule has 6 heteroatoms. The number of nitrogens with zero attached hydrogens (tertiary/aromatic N) is 3. The highest BCUT2D eigenvalue weighted by Gasteiger charge is 2.24. The number of nitrogens with two attached hydrogens (primary N) is 1. The van der Waals surface area contributed by atoms with Crippen LogP contribution in [0.1, 0.15) is 39.9 Å². The highest BCUT2D eigenvalue weighted by molar-refractivity contribution is 5.97. The van der Waals surface area contributed by atoms with Gasteiger partial charge in [-0.3, -0.25) is 4.79 Å². The Balaban J connectivity index is 1.60. The minimum absolute atomic E-state index is 0.115. The van der Waals surface area contributed by atoms with Crippen molar-refractivity contribution in [2.45, 2.75) is 32.2 Å². The van der Waals surface area contributed by atoms with Crippen molar-refractivity contribution in [1.29, 1.82) is 0 Å². The van der Waals surface area contributed by atoms with Crippen molar-refractivity contribution in [2.24, 2.45) is 0 Å². The number of nitrogen functional groups attached to an aromatic ring is 1. The lowest BCUT2D eigenvalue weighted by atomic mass is 9.84. The van der Waals surface area contributed by atoms with Crippen LogP contribution in [-0.4, -0.2) is 61.0 Å². The first-order valence-electron chi connectivity index (χ1n) is 12.0. The van der Waals surface area contributed by atoms with Crippen LogP contribution in [0.2, 0.25) is 0 Å². The van der Waals surface area contributed by atoms with Crippen LogP contribution in [0, 0.1) is 0 Å². The summed E-state index contributed by atoms with van der Waals surface area (Å²) in [5, 5.41) is 4.49. The number of pyridine rings is 1. The van der Waals surface area contributed by atoms with Crippen LogP contribution in [0.3, 0.4) is 0 Å². The Morgan fingerprint density at radius 3 is 2.58 bits per heavy atom. The molecule has 0 radical (unpaired) electrons. The molecule has 3 N–H and O–H groups in total. The molecule has 2 aromatic carbocycles. The van der Waals surface area contributed by atoms with Crippen LogP contribution < -0.4 is 11.1 Å². The highest BCUT2D eigenvalue weighted by Crippen LogP contribution is 2.38. The summed E-state index contributed by atoms with van der Waals surface area (Å²) in [6.45, 7) is 4.12. The average molecular weight is 444 g/mol. The fourth-order valence-electron chi connectivity index (χ4n) is 5.31. The van der Waals surface area contributed by atoms with Crippen molar-refractivity contribution in [3.63, 3.8) is 0 Å². The van der Waals surface area contributed by atoms with E-state index in [0.29, 0.717) is 0 Å². The van der Waals surface area contributed by atoms with Crippen LogP contribution in [0.15, 0.2) is 36.4 Å². The molecule has 0 unspecified atom stereocenters. The molecule has 3 aromatic rings. The van der Waals surface area contributed by atoms with Gasteiger partial charge in [-0.2, -0.15) is 0 Å². The second-order valence-corrected chi connectivity index (χ2v) is 9.36. The monoisotopic (exact) mass is 443 g/mol. The predicted molar refractivity (Wildman–Crippen MR) is 134 cm³/mol. The molecule has 33 heavy (non-hydrogen) atoms. The first-order chi connectivity index (χ1) is 16.1. The van der Waals surface area contributed by atoms with E-state index >= 15 is 0 Å². The van der Waals surface area contributed by atoms with Gasteiger partial charge in [0.15, 0.2) is 0 Å². The number of rotatable bonds is 4. The minimum atomic E-state index is 0.115. The number of amides is 1. The molecule has 1 aliphatic heterocycles. The third kappa shape index (κ3) is 4.09. The minimum Gasteiger partial charge on any atom is -0.398 e. The summed E-state index contributed by atoms with van der Waals surface area (Å²) in [7, 11) is 4.06. The lowest BCUT2D eigenvalue weighted by Gasteiger charge is -2.32. The van der Waals surface area contributed by atoms with E-state index in [1.54, 1.807) is 0 Å². The summed E-state index contributed by atoms with van der Waals surface area (Å²) in [4.78, 5) is 22.6. The zero-order valence-corrected chi connectivity index (χ0v) is 19.7. The van der Waals surface area contributed by atoms with Gasteiger partial charge >= 0.3 is 0 Å². The number of hydrogen-bond donors (Lipinski definition) is 2. The first kappa shape index (κ1) is 21.9. The number of nitrogens with one attached hydrogen (secondary N) is 1. The topological polar surface area (TPSA) is 74.5 Å². The highest BCUT2D eigenvalue weighted by atomic mass is 16.2. The molecule has 172 valence electrons. The van der Waals surface area contributed by atoms with Gasteiger partial charge in [-0.25, -0.2) is 4.98 Å². The molecule has 0 bridgehead atoms. The number of anilines is 1. The molecule has 6 nitrogen and oxygen atoms in total. The van der Waals surface area contributed by atoms with Gasteiger partial charge in [0.2, 0.25) is 0 Å². The zero-order chi connectivity index (χ0) is 22.9. The Morgan fingerprint density at radius 2 is 1.82 bits per heavy atom. The molecule has 2 aliphatic rings. The smallest absolute Gasteiger partial charge is 0.253 e. The number of piperazine rings is 1. The molecule has 0 atom stereocenters. The molecule has 1 saturated heterocycles. The van der Waals surface area contributed by atoms with Gasteiger partial charge in [-0.05, 0) is 80.7 Å². The maximum atomic E-state index is 13.2. The summed E-state index contributed by atoms with van der Waals surface area (Å²) in [6.07, 6.45) is 4.40. The Hall–Kier alpha value is -2.96. The van der Waals surface area contributed by atoms with E-state index in [2.05, 4.69) is 23.3 Å². The van der Waals surface area contributed by atoms with E-state index in [0.717, 1.165) is 85.6 Å². The van der Waals surface area contributed by atoms with E-state index in [9.17, 15) is 4.79 Å². The van der Waals surface area contributed by atoms with Gasteiger partial charge in [-0.15, -0.1) is 0 Å². The van der Waals surface area contributed by atoms with E-state index in [1.807, 2.05) is 42.3 Å². The van der Waals surface area contributed by atoms with Gasteiger partial charge in [0, 0.05) is 54.9 Å². The van der Waals surface area contributed by atoms with Crippen molar-refractivity contribution >= 4 is 22.5 Å². The molecule has 1 amide bonds.